The fourth-order valence-corrected chi connectivity index (χ4v) is 4.53. The summed E-state index contributed by atoms with van der Waals surface area (Å²) >= 11 is 0. The number of methoxy groups -OCH3 is 1. The normalized spacial score (nSPS) is 22.0. The number of amides is 1. The van der Waals surface area contributed by atoms with E-state index in [1.165, 1.54) is 13.3 Å². The minimum atomic E-state index is -1.13. The molecule has 3 aromatic rings. The first-order valence-electron chi connectivity index (χ1n) is 11.1. The van der Waals surface area contributed by atoms with Gasteiger partial charge in [-0.15, -0.1) is 0 Å². The molecule has 2 aromatic heterocycles. The van der Waals surface area contributed by atoms with Crippen LogP contribution in [0.1, 0.15) is 41.7 Å². The Hall–Kier alpha value is -3.50. The topological polar surface area (TPSA) is 110 Å². The molecule has 184 valence electrons. The molecule has 0 unspecified atom stereocenters. The van der Waals surface area contributed by atoms with Crippen LogP contribution in [0, 0.1) is 23.4 Å². The molecule has 1 aromatic carbocycles. The highest BCUT2D eigenvalue weighted by Crippen LogP contribution is 2.39. The molecule has 1 aliphatic carbocycles. The average molecular weight is 486 g/mol. The molecule has 0 spiro atoms. The molecule has 0 bridgehead atoms. The molecule has 1 aliphatic rings. The summed E-state index contributed by atoms with van der Waals surface area (Å²) in [6, 6.07) is 5.40. The molecule has 2 heterocycles. The summed E-state index contributed by atoms with van der Waals surface area (Å²) in [5, 5.41) is 12.9. The molecule has 1 saturated carbocycles. The summed E-state index contributed by atoms with van der Waals surface area (Å²) < 4.78 is 48.5. The van der Waals surface area contributed by atoms with Crippen molar-refractivity contribution >= 4 is 11.6 Å². The number of hydrogen-bond donors (Lipinski definition) is 3. The zero-order valence-corrected chi connectivity index (χ0v) is 19.1. The number of carbonyl (C=O) groups is 1. The SMILES string of the molecule is COc1ccc(F)c(-c2nc(C(=O)Nc3cnccc3[C@H]3C[C@@H](N)[C@H](O)[C@@H](C)C3)ccc2F)c1F. The summed E-state index contributed by atoms with van der Waals surface area (Å²) in [5.41, 5.74) is 5.66. The van der Waals surface area contributed by atoms with Gasteiger partial charge >= 0.3 is 0 Å². The molecule has 1 amide bonds. The van der Waals surface area contributed by atoms with Gasteiger partial charge in [-0.2, -0.15) is 0 Å². The maximum absolute atomic E-state index is 14.7. The number of aliphatic hydroxyl groups excluding tert-OH is 1. The molecule has 1 fully saturated rings. The van der Waals surface area contributed by atoms with Crippen molar-refractivity contribution in [1.82, 2.24) is 9.97 Å². The van der Waals surface area contributed by atoms with Gasteiger partial charge in [-0.1, -0.05) is 6.92 Å². The van der Waals surface area contributed by atoms with Crippen LogP contribution in [0.25, 0.3) is 11.3 Å². The van der Waals surface area contributed by atoms with Crippen molar-refractivity contribution < 1.29 is 27.8 Å². The predicted molar refractivity (Wildman–Crippen MR) is 123 cm³/mol. The lowest BCUT2D eigenvalue weighted by molar-refractivity contribution is 0.0521. The molecule has 4 atom stereocenters. The maximum atomic E-state index is 14.7. The first kappa shape index (κ1) is 24.6. The van der Waals surface area contributed by atoms with Gasteiger partial charge in [-0.25, -0.2) is 18.2 Å². The fraction of sp³-hybridized carbons (Fsp3) is 0.320. The third-order valence-electron chi connectivity index (χ3n) is 6.37. The number of anilines is 1. The highest BCUT2D eigenvalue weighted by atomic mass is 19.1. The Bertz CT molecular complexity index is 1240. The van der Waals surface area contributed by atoms with Crippen LogP contribution >= 0.6 is 0 Å². The zero-order chi connectivity index (χ0) is 25.3. The van der Waals surface area contributed by atoms with Crippen LogP contribution in [-0.4, -0.2) is 40.2 Å². The van der Waals surface area contributed by atoms with Crippen LogP contribution in [0.2, 0.25) is 0 Å². The second-order valence-electron chi connectivity index (χ2n) is 8.68. The fourth-order valence-electron chi connectivity index (χ4n) is 4.53. The molecule has 10 heteroatoms. The van der Waals surface area contributed by atoms with Crippen molar-refractivity contribution in [2.45, 2.75) is 37.8 Å². The summed E-state index contributed by atoms with van der Waals surface area (Å²) in [5.74, 6) is -4.24. The zero-order valence-electron chi connectivity index (χ0n) is 19.1. The van der Waals surface area contributed by atoms with Crippen LogP contribution in [-0.2, 0) is 0 Å². The summed E-state index contributed by atoms with van der Waals surface area (Å²) in [6.07, 6.45) is 3.64. The molecule has 4 N–H and O–H groups in total. The van der Waals surface area contributed by atoms with E-state index in [0.717, 1.165) is 29.8 Å². The average Bonchev–Trinajstić information content (AvgIpc) is 2.83. The number of aliphatic hydroxyl groups is 1. The van der Waals surface area contributed by atoms with E-state index < -0.39 is 46.8 Å². The second kappa shape index (κ2) is 10.0. The van der Waals surface area contributed by atoms with Crippen molar-refractivity contribution in [3.05, 3.63) is 71.4 Å². The van der Waals surface area contributed by atoms with E-state index in [1.807, 2.05) is 6.92 Å². The molecule has 0 aliphatic heterocycles. The van der Waals surface area contributed by atoms with Gasteiger partial charge in [-0.05, 0) is 60.6 Å². The van der Waals surface area contributed by atoms with E-state index in [-0.39, 0.29) is 23.3 Å². The Morgan fingerprint density at radius 3 is 2.60 bits per heavy atom. The molecule has 4 rings (SSSR count). The third-order valence-corrected chi connectivity index (χ3v) is 6.37. The smallest absolute Gasteiger partial charge is 0.274 e. The monoisotopic (exact) mass is 486 g/mol. The van der Waals surface area contributed by atoms with Gasteiger partial charge in [0.1, 0.15) is 23.0 Å². The number of pyridine rings is 2. The minimum absolute atomic E-state index is 0.0292. The first-order chi connectivity index (χ1) is 16.7. The summed E-state index contributed by atoms with van der Waals surface area (Å²) in [4.78, 5) is 21.0. The Balaban J connectivity index is 1.65. The van der Waals surface area contributed by atoms with Crippen molar-refractivity contribution in [2.75, 3.05) is 12.4 Å². The second-order valence-corrected chi connectivity index (χ2v) is 8.68. The Morgan fingerprint density at radius 2 is 1.89 bits per heavy atom. The third kappa shape index (κ3) is 4.85. The van der Waals surface area contributed by atoms with Gasteiger partial charge in [0, 0.05) is 12.2 Å². The van der Waals surface area contributed by atoms with Crippen molar-refractivity contribution in [1.29, 1.82) is 0 Å². The highest BCUT2D eigenvalue weighted by Gasteiger charge is 2.34. The lowest BCUT2D eigenvalue weighted by atomic mass is 9.74. The van der Waals surface area contributed by atoms with Crippen LogP contribution in [0.3, 0.4) is 0 Å². The number of carbonyl (C=O) groups excluding carboxylic acids is 1. The largest absolute Gasteiger partial charge is 0.494 e. The Labute approximate surface area is 200 Å². The molecule has 7 nitrogen and oxygen atoms in total. The molecular weight excluding hydrogens is 461 g/mol. The van der Waals surface area contributed by atoms with Crippen LogP contribution in [0.5, 0.6) is 5.75 Å². The quantitative estimate of drug-likeness (QED) is 0.503. The van der Waals surface area contributed by atoms with E-state index in [9.17, 15) is 23.1 Å². The van der Waals surface area contributed by atoms with E-state index in [0.29, 0.717) is 18.5 Å². The molecule has 0 radical (unpaired) electrons. The van der Waals surface area contributed by atoms with Crippen molar-refractivity contribution in [3.63, 3.8) is 0 Å². The Morgan fingerprint density at radius 1 is 1.14 bits per heavy atom. The summed E-state index contributed by atoms with van der Waals surface area (Å²) in [6.45, 7) is 1.91. The van der Waals surface area contributed by atoms with E-state index in [2.05, 4.69) is 15.3 Å². The van der Waals surface area contributed by atoms with Crippen LogP contribution < -0.4 is 15.8 Å². The lowest BCUT2D eigenvalue weighted by Crippen LogP contribution is -2.44. The number of halogens is 3. The lowest BCUT2D eigenvalue weighted by Gasteiger charge is -2.36. The Kier molecular flexibility index (Phi) is 7.04. The minimum Gasteiger partial charge on any atom is -0.494 e. The van der Waals surface area contributed by atoms with Gasteiger partial charge in [0.25, 0.3) is 5.91 Å². The standard InChI is InChI=1S/C25H25F3N4O3/c1-12-9-13(10-17(29)24(12)33)14-7-8-30-11-19(14)32-25(34)18-5-3-16(27)23(31-18)21-15(26)4-6-20(35-2)22(21)28/h3-8,11-13,17,24,33H,9-10,29H2,1-2H3,(H,32,34)/t12-,13+,17+,24+/m0/s1. The number of aromatic nitrogens is 2. The number of nitrogens with one attached hydrogen (secondary N) is 1. The number of rotatable bonds is 5. The first-order valence-corrected chi connectivity index (χ1v) is 11.1. The maximum Gasteiger partial charge on any atom is 0.274 e. The number of benzene rings is 1. The number of nitrogens with zero attached hydrogens (tertiary/aromatic N) is 2. The van der Waals surface area contributed by atoms with Crippen LogP contribution in [0.15, 0.2) is 42.7 Å². The van der Waals surface area contributed by atoms with Crippen LogP contribution in [0.4, 0.5) is 18.9 Å². The van der Waals surface area contributed by atoms with Crippen molar-refractivity contribution in [2.24, 2.45) is 11.7 Å². The van der Waals surface area contributed by atoms with E-state index in [1.54, 1.807) is 12.3 Å². The molecular formula is C25H25F3N4O3. The van der Waals surface area contributed by atoms with Gasteiger partial charge in [-0.3, -0.25) is 9.78 Å². The van der Waals surface area contributed by atoms with Gasteiger partial charge in [0.05, 0.1) is 30.7 Å². The number of hydrogen-bond acceptors (Lipinski definition) is 6. The van der Waals surface area contributed by atoms with E-state index in [4.69, 9.17) is 10.5 Å². The summed E-state index contributed by atoms with van der Waals surface area (Å²) in [7, 11) is 1.19. The molecule has 35 heavy (non-hydrogen) atoms. The van der Waals surface area contributed by atoms with Gasteiger partial charge in [0.15, 0.2) is 11.6 Å². The number of ether oxygens (including phenoxy) is 1. The van der Waals surface area contributed by atoms with E-state index >= 15 is 0 Å². The number of nitrogens with two attached hydrogens (primary N) is 1. The highest BCUT2D eigenvalue weighted by molar-refractivity contribution is 6.03. The van der Waals surface area contributed by atoms with Gasteiger partial charge in [0.2, 0.25) is 0 Å². The molecule has 0 saturated heterocycles. The van der Waals surface area contributed by atoms with Gasteiger partial charge < -0.3 is 20.9 Å². The van der Waals surface area contributed by atoms with Crippen molar-refractivity contribution in [3.8, 4) is 17.0 Å². The predicted octanol–water partition coefficient (Wildman–Crippen LogP) is 4.02.